The molecule has 1 fully saturated rings. The summed E-state index contributed by atoms with van der Waals surface area (Å²) in [5.41, 5.74) is -1.60. The van der Waals surface area contributed by atoms with Gasteiger partial charge in [-0.1, -0.05) is 11.6 Å². The smallest absolute Gasteiger partial charge is 0.280 e. The third-order valence-corrected chi connectivity index (χ3v) is 5.75. The van der Waals surface area contributed by atoms with Crippen molar-refractivity contribution in [1.82, 2.24) is 20.2 Å². The number of halogens is 5. The summed E-state index contributed by atoms with van der Waals surface area (Å²) in [6.07, 6.45) is 2.37. The lowest BCUT2D eigenvalue weighted by Crippen LogP contribution is -2.40. The molecule has 35 heavy (non-hydrogen) atoms. The molecule has 0 radical (unpaired) electrons. The number of carbonyl (C=O) groups excluding carboxylic acids is 1. The Balaban J connectivity index is 1.51. The van der Waals surface area contributed by atoms with Gasteiger partial charge in [0, 0.05) is 18.2 Å². The van der Waals surface area contributed by atoms with Crippen LogP contribution >= 0.6 is 11.6 Å². The maximum atomic E-state index is 14.8. The summed E-state index contributed by atoms with van der Waals surface area (Å²) in [5, 5.41) is 5.05. The van der Waals surface area contributed by atoms with E-state index in [2.05, 4.69) is 15.6 Å². The first-order valence-electron chi connectivity index (χ1n) is 10.6. The number of hydrogen-bond donors (Lipinski definition) is 2. The van der Waals surface area contributed by atoms with Crippen molar-refractivity contribution in [1.29, 1.82) is 0 Å². The van der Waals surface area contributed by atoms with E-state index in [1.54, 1.807) is 0 Å². The van der Waals surface area contributed by atoms with Gasteiger partial charge in [-0.05, 0) is 49.2 Å². The summed E-state index contributed by atoms with van der Waals surface area (Å²) in [7, 11) is 0. The van der Waals surface area contributed by atoms with E-state index in [9.17, 15) is 27.2 Å². The summed E-state index contributed by atoms with van der Waals surface area (Å²) in [4.78, 5) is 28.5. The van der Waals surface area contributed by atoms with E-state index in [1.807, 2.05) is 0 Å². The number of benzene rings is 2. The molecule has 2 N–H and O–H groups in total. The number of aromatic nitrogens is 2. The van der Waals surface area contributed by atoms with Crippen molar-refractivity contribution in [3.8, 4) is 11.6 Å². The molecular weight excluding hydrogens is 492 g/mol. The quantitative estimate of drug-likeness (QED) is 0.476. The molecule has 12 heteroatoms. The number of nitrogens with zero attached hydrogens (tertiary/aromatic N) is 2. The minimum Gasteiger partial charge on any atom is -0.471 e. The van der Waals surface area contributed by atoms with Crippen molar-refractivity contribution in [3.63, 3.8) is 0 Å². The molecule has 184 valence electrons. The Bertz CT molecular complexity index is 1310. The SMILES string of the molecule is O=C(NCc1cc(F)c(-n2cnc(OCc3ccc(F)cc3F)c(Cl)c2=O)c(F)c1)[C@@H]1CCCN1. The first kappa shape index (κ1) is 24.7. The van der Waals surface area contributed by atoms with E-state index in [0.29, 0.717) is 17.1 Å². The fraction of sp³-hybridized carbons (Fsp3) is 0.261. The minimum atomic E-state index is -1.07. The lowest BCUT2D eigenvalue weighted by atomic mass is 10.1. The van der Waals surface area contributed by atoms with Crippen molar-refractivity contribution >= 4 is 17.5 Å². The van der Waals surface area contributed by atoms with Crippen LogP contribution in [-0.4, -0.2) is 28.0 Å². The van der Waals surface area contributed by atoms with E-state index < -0.39 is 52.0 Å². The van der Waals surface area contributed by atoms with Crippen molar-refractivity contribution < 1.29 is 27.1 Å². The largest absolute Gasteiger partial charge is 0.471 e. The van der Waals surface area contributed by atoms with Crippen LogP contribution in [0, 0.1) is 23.3 Å². The van der Waals surface area contributed by atoms with E-state index in [-0.39, 0.29) is 29.6 Å². The highest BCUT2D eigenvalue weighted by Crippen LogP contribution is 2.23. The normalized spacial score (nSPS) is 15.3. The lowest BCUT2D eigenvalue weighted by molar-refractivity contribution is -0.122. The molecule has 1 aliphatic rings. The van der Waals surface area contributed by atoms with Crippen LogP contribution in [0.3, 0.4) is 0 Å². The Kier molecular flexibility index (Phi) is 7.37. The first-order valence-corrected chi connectivity index (χ1v) is 11.0. The predicted molar refractivity (Wildman–Crippen MR) is 118 cm³/mol. The van der Waals surface area contributed by atoms with E-state index in [0.717, 1.165) is 43.6 Å². The number of hydrogen-bond acceptors (Lipinski definition) is 5. The minimum absolute atomic E-state index is 0.0167. The highest BCUT2D eigenvalue weighted by atomic mass is 35.5. The maximum absolute atomic E-state index is 14.8. The second-order valence-electron chi connectivity index (χ2n) is 7.84. The molecule has 7 nitrogen and oxygen atoms in total. The zero-order chi connectivity index (χ0) is 25.1. The van der Waals surface area contributed by atoms with Crippen LogP contribution in [0.4, 0.5) is 17.6 Å². The summed E-state index contributed by atoms with van der Waals surface area (Å²) >= 11 is 5.99. The van der Waals surface area contributed by atoms with Gasteiger partial charge >= 0.3 is 0 Å². The summed E-state index contributed by atoms with van der Waals surface area (Å²) in [6.45, 7) is 0.210. The Labute approximate surface area is 201 Å². The molecule has 2 aromatic carbocycles. The van der Waals surface area contributed by atoms with Crippen molar-refractivity contribution in [3.05, 3.63) is 86.4 Å². The van der Waals surface area contributed by atoms with Gasteiger partial charge in [-0.2, -0.15) is 0 Å². The third kappa shape index (κ3) is 5.46. The highest BCUT2D eigenvalue weighted by Gasteiger charge is 2.23. The van der Waals surface area contributed by atoms with Crippen LogP contribution < -0.4 is 20.9 Å². The fourth-order valence-electron chi connectivity index (χ4n) is 3.63. The highest BCUT2D eigenvalue weighted by molar-refractivity contribution is 6.31. The van der Waals surface area contributed by atoms with Gasteiger partial charge in [0.15, 0.2) is 16.7 Å². The van der Waals surface area contributed by atoms with Crippen LogP contribution in [0.2, 0.25) is 5.02 Å². The molecule has 0 aliphatic carbocycles. The molecule has 0 bridgehead atoms. The van der Waals surface area contributed by atoms with Crippen LogP contribution in [0.5, 0.6) is 5.88 Å². The first-order chi connectivity index (χ1) is 16.7. The molecule has 0 unspecified atom stereocenters. The monoisotopic (exact) mass is 510 g/mol. The molecule has 1 amide bonds. The Hall–Kier alpha value is -3.44. The van der Waals surface area contributed by atoms with Crippen molar-refractivity contribution in [2.75, 3.05) is 6.54 Å². The Morgan fingerprint density at radius 1 is 1.17 bits per heavy atom. The Morgan fingerprint density at radius 2 is 1.91 bits per heavy atom. The number of carbonyl (C=O) groups is 1. The van der Waals surface area contributed by atoms with E-state index in [1.165, 1.54) is 0 Å². The summed E-state index contributed by atoms with van der Waals surface area (Å²) in [5.74, 6) is -4.44. The van der Waals surface area contributed by atoms with Gasteiger partial charge in [0.2, 0.25) is 11.8 Å². The fourth-order valence-corrected chi connectivity index (χ4v) is 3.83. The molecule has 1 aromatic heterocycles. The summed E-state index contributed by atoms with van der Waals surface area (Å²) < 4.78 is 62.2. The van der Waals surface area contributed by atoms with Gasteiger partial charge in [-0.25, -0.2) is 22.5 Å². The predicted octanol–water partition coefficient (Wildman–Crippen LogP) is 3.39. The maximum Gasteiger partial charge on any atom is 0.280 e. The average molecular weight is 511 g/mol. The standard InChI is InChI=1S/C23H19ClF4N4O3/c24-19-22(35-10-13-3-4-14(25)8-15(13)26)31-11-32(23(19)34)20-16(27)6-12(7-17(20)28)9-30-21(33)18-2-1-5-29-18/h3-4,6-8,11,18,29H,1-2,5,9-10H2,(H,30,33)/t18-/m0/s1. The average Bonchev–Trinajstić information content (AvgIpc) is 3.35. The van der Waals surface area contributed by atoms with Crippen LogP contribution in [0.25, 0.3) is 5.69 Å². The number of ether oxygens (including phenoxy) is 1. The van der Waals surface area contributed by atoms with E-state index in [4.69, 9.17) is 16.3 Å². The molecule has 2 heterocycles. The molecule has 0 spiro atoms. The molecule has 0 saturated carbocycles. The van der Waals surface area contributed by atoms with Crippen molar-refractivity contribution in [2.24, 2.45) is 0 Å². The van der Waals surface area contributed by atoms with Crippen LogP contribution in [0.15, 0.2) is 41.5 Å². The zero-order valence-corrected chi connectivity index (χ0v) is 18.8. The second-order valence-corrected chi connectivity index (χ2v) is 8.22. The van der Waals surface area contributed by atoms with Gasteiger partial charge in [0.1, 0.15) is 30.3 Å². The van der Waals surface area contributed by atoms with E-state index >= 15 is 0 Å². The van der Waals surface area contributed by atoms with Gasteiger partial charge in [0.25, 0.3) is 5.56 Å². The van der Waals surface area contributed by atoms with Gasteiger partial charge in [0.05, 0.1) is 6.04 Å². The molecule has 1 aliphatic heterocycles. The third-order valence-electron chi connectivity index (χ3n) is 5.43. The molecule has 1 saturated heterocycles. The van der Waals surface area contributed by atoms with Gasteiger partial charge in [-0.3, -0.25) is 14.2 Å². The molecule has 3 aromatic rings. The lowest BCUT2D eigenvalue weighted by Gasteiger charge is -2.14. The van der Waals surface area contributed by atoms with Crippen molar-refractivity contribution in [2.45, 2.75) is 32.0 Å². The summed E-state index contributed by atoms with van der Waals surface area (Å²) in [6, 6.07) is 4.49. The second kappa shape index (κ2) is 10.4. The van der Waals surface area contributed by atoms with Gasteiger partial charge in [-0.15, -0.1) is 0 Å². The molecule has 1 atom stereocenters. The molecule has 4 rings (SSSR count). The number of amides is 1. The van der Waals surface area contributed by atoms with Gasteiger partial charge < -0.3 is 15.4 Å². The van der Waals surface area contributed by atoms with Crippen LogP contribution in [-0.2, 0) is 17.9 Å². The topological polar surface area (TPSA) is 85.2 Å². The zero-order valence-electron chi connectivity index (χ0n) is 18.1. The van der Waals surface area contributed by atoms with Crippen LogP contribution in [0.1, 0.15) is 24.0 Å². The Morgan fingerprint density at radius 3 is 2.57 bits per heavy atom. The number of rotatable bonds is 7. The molecular formula is C23H19ClF4N4O3. The number of nitrogens with one attached hydrogen (secondary N) is 2.